The van der Waals surface area contributed by atoms with Gasteiger partial charge in [0.25, 0.3) is 0 Å². The number of methoxy groups -OCH3 is 1. The summed E-state index contributed by atoms with van der Waals surface area (Å²) in [6.07, 6.45) is 14.3. The summed E-state index contributed by atoms with van der Waals surface area (Å²) in [7, 11) is -0.0924. The Kier molecular flexibility index (Phi) is 8.69. The minimum atomic E-state index is -1.87. The standard InChI is InChI=1S/C34H56O3Si/c1-10-34-21-20-25-22-27(36-7)16-17-28(25)31(34)26(15-13-11-12-14-24(2)35)23-33(6)29(34)18-19-30(33)37-38(8,9)32(3,4)5/h10,16-17,22,24,26,29-31,35H,1,11-15,18-21,23H2,2-9H3/t24-,26+,29-,30+,31-,33+,34-/m1/s1. The molecule has 1 aromatic carbocycles. The van der Waals surface area contributed by atoms with Crippen molar-refractivity contribution in [3.8, 4) is 5.75 Å². The van der Waals surface area contributed by atoms with Crippen molar-refractivity contribution in [3.63, 3.8) is 0 Å². The molecule has 1 aromatic rings. The zero-order chi connectivity index (χ0) is 27.9. The van der Waals surface area contributed by atoms with Crippen molar-refractivity contribution in [2.75, 3.05) is 7.11 Å². The first kappa shape index (κ1) is 29.9. The number of allylic oxidation sites excluding steroid dienone is 1. The Labute approximate surface area is 234 Å². The van der Waals surface area contributed by atoms with Crippen LogP contribution in [-0.4, -0.2) is 32.7 Å². The number of aryl methyl sites for hydroxylation is 1. The number of aliphatic hydroxyl groups excluding tert-OH is 1. The van der Waals surface area contributed by atoms with Crippen molar-refractivity contribution in [1.82, 2.24) is 0 Å². The third kappa shape index (κ3) is 5.31. The van der Waals surface area contributed by atoms with Crippen LogP contribution in [0, 0.1) is 22.7 Å². The van der Waals surface area contributed by atoms with E-state index in [1.807, 2.05) is 6.92 Å². The fourth-order valence-corrected chi connectivity index (χ4v) is 9.99. The Bertz CT molecular complexity index is 978. The van der Waals surface area contributed by atoms with Crippen molar-refractivity contribution < 1.29 is 14.3 Å². The van der Waals surface area contributed by atoms with Gasteiger partial charge in [-0.25, -0.2) is 0 Å². The molecule has 0 aromatic heterocycles. The van der Waals surface area contributed by atoms with Crippen LogP contribution in [0.1, 0.15) is 109 Å². The summed E-state index contributed by atoms with van der Waals surface area (Å²) >= 11 is 0. The van der Waals surface area contributed by atoms with Gasteiger partial charge in [0.2, 0.25) is 0 Å². The molecule has 0 aliphatic heterocycles. The van der Waals surface area contributed by atoms with Gasteiger partial charge >= 0.3 is 0 Å². The van der Waals surface area contributed by atoms with Crippen molar-refractivity contribution in [1.29, 1.82) is 0 Å². The molecular weight excluding hydrogens is 484 g/mol. The van der Waals surface area contributed by atoms with E-state index >= 15 is 0 Å². The average Bonchev–Trinajstić information content (AvgIpc) is 3.17. The smallest absolute Gasteiger partial charge is 0.192 e. The maximum Gasteiger partial charge on any atom is 0.192 e. The molecule has 0 amide bonds. The quantitative estimate of drug-likeness (QED) is 0.183. The summed E-state index contributed by atoms with van der Waals surface area (Å²) in [5.41, 5.74) is 3.36. The molecule has 0 bridgehead atoms. The Balaban J connectivity index is 1.70. The van der Waals surface area contributed by atoms with Gasteiger partial charge in [0.05, 0.1) is 19.3 Å². The number of unbranched alkanes of at least 4 members (excludes halogenated alkanes) is 2. The molecule has 3 aliphatic carbocycles. The fraction of sp³-hybridized carbons (Fsp3) is 0.765. The largest absolute Gasteiger partial charge is 0.497 e. The van der Waals surface area contributed by atoms with Gasteiger partial charge < -0.3 is 14.3 Å². The van der Waals surface area contributed by atoms with E-state index in [1.54, 1.807) is 12.7 Å². The van der Waals surface area contributed by atoms with Gasteiger partial charge in [0.1, 0.15) is 5.75 Å². The number of hydrogen-bond donors (Lipinski definition) is 1. The van der Waals surface area contributed by atoms with Crippen LogP contribution in [0.2, 0.25) is 18.1 Å². The summed E-state index contributed by atoms with van der Waals surface area (Å²) in [5.74, 6) is 2.75. The van der Waals surface area contributed by atoms with E-state index in [4.69, 9.17) is 9.16 Å². The van der Waals surface area contributed by atoms with Crippen LogP contribution in [0.25, 0.3) is 0 Å². The van der Waals surface area contributed by atoms with Crippen molar-refractivity contribution >= 4 is 8.32 Å². The predicted molar refractivity (Wildman–Crippen MR) is 162 cm³/mol. The van der Waals surface area contributed by atoms with Gasteiger partial charge in [-0.2, -0.15) is 0 Å². The zero-order valence-electron chi connectivity index (χ0n) is 25.7. The van der Waals surface area contributed by atoms with Crippen LogP contribution in [0.4, 0.5) is 0 Å². The maximum absolute atomic E-state index is 9.76. The molecule has 4 rings (SSSR count). The molecule has 4 heteroatoms. The highest BCUT2D eigenvalue weighted by atomic mass is 28.4. The fourth-order valence-electron chi connectivity index (χ4n) is 8.54. The van der Waals surface area contributed by atoms with Crippen molar-refractivity contribution in [2.24, 2.45) is 22.7 Å². The van der Waals surface area contributed by atoms with E-state index in [9.17, 15) is 5.11 Å². The number of aliphatic hydroxyl groups is 1. The summed E-state index contributed by atoms with van der Waals surface area (Å²) in [4.78, 5) is 0. The topological polar surface area (TPSA) is 38.7 Å². The lowest BCUT2D eigenvalue weighted by atomic mass is 9.44. The Morgan fingerprint density at radius 1 is 1.18 bits per heavy atom. The molecule has 7 atom stereocenters. The number of rotatable bonds is 10. The number of benzene rings is 1. The molecule has 2 saturated carbocycles. The van der Waals surface area contributed by atoms with Gasteiger partial charge in [0, 0.05) is 0 Å². The molecule has 38 heavy (non-hydrogen) atoms. The van der Waals surface area contributed by atoms with Crippen LogP contribution < -0.4 is 4.74 Å². The Morgan fingerprint density at radius 2 is 1.92 bits per heavy atom. The Morgan fingerprint density at radius 3 is 2.55 bits per heavy atom. The van der Waals surface area contributed by atoms with E-state index in [2.05, 4.69) is 71.6 Å². The van der Waals surface area contributed by atoms with Gasteiger partial charge in [-0.05, 0) is 122 Å². The molecule has 0 saturated heterocycles. The second-order valence-electron chi connectivity index (χ2n) is 14.8. The van der Waals surface area contributed by atoms with Gasteiger partial charge in [-0.1, -0.05) is 59.1 Å². The SMILES string of the molecule is C=C[C@]12CCc3cc(OC)ccc3[C@H]1[C@@H](CCCCC[C@@H](C)O)C[C@]1(C)[C@@H](O[Si](C)(C)C(C)(C)C)CC[C@H]12. The van der Waals surface area contributed by atoms with Crippen LogP contribution in [-0.2, 0) is 10.8 Å². The molecule has 214 valence electrons. The summed E-state index contributed by atoms with van der Waals surface area (Å²) in [6.45, 7) is 21.1. The van der Waals surface area contributed by atoms with Crippen LogP contribution in [0.5, 0.6) is 5.75 Å². The van der Waals surface area contributed by atoms with Gasteiger partial charge in [0.15, 0.2) is 8.32 Å². The predicted octanol–water partition coefficient (Wildman–Crippen LogP) is 9.06. The van der Waals surface area contributed by atoms with E-state index in [1.165, 1.54) is 50.5 Å². The lowest BCUT2D eigenvalue weighted by Gasteiger charge is -2.61. The van der Waals surface area contributed by atoms with E-state index in [-0.39, 0.29) is 22.0 Å². The first-order chi connectivity index (χ1) is 17.8. The summed E-state index contributed by atoms with van der Waals surface area (Å²) in [6, 6.07) is 6.87. The third-order valence-electron chi connectivity index (χ3n) is 11.5. The second kappa shape index (κ2) is 11.1. The van der Waals surface area contributed by atoms with Crippen LogP contribution >= 0.6 is 0 Å². The molecule has 2 fully saturated rings. The van der Waals surface area contributed by atoms with Crippen molar-refractivity contribution in [2.45, 2.75) is 135 Å². The third-order valence-corrected chi connectivity index (χ3v) is 16.0. The minimum absolute atomic E-state index is 0.129. The normalized spacial score (nSPS) is 33.7. The first-order valence-corrected chi connectivity index (χ1v) is 18.4. The Hall–Kier alpha value is -1.10. The van der Waals surface area contributed by atoms with E-state index < -0.39 is 8.32 Å². The number of ether oxygens (including phenoxy) is 1. The second-order valence-corrected chi connectivity index (χ2v) is 19.6. The summed E-state index contributed by atoms with van der Waals surface area (Å²) < 4.78 is 12.9. The molecule has 0 spiro atoms. The summed E-state index contributed by atoms with van der Waals surface area (Å²) in [5, 5.41) is 9.98. The number of hydrogen-bond acceptors (Lipinski definition) is 3. The first-order valence-electron chi connectivity index (χ1n) is 15.5. The maximum atomic E-state index is 9.76. The zero-order valence-corrected chi connectivity index (χ0v) is 26.7. The van der Waals surface area contributed by atoms with Gasteiger partial charge in [-0.3, -0.25) is 0 Å². The highest BCUT2D eigenvalue weighted by Crippen LogP contribution is 2.70. The lowest BCUT2D eigenvalue weighted by Crippen LogP contribution is -2.56. The van der Waals surface area contributed by atoms with E-state index in [0.717, 1.165) is 25.0 Å². The lowest BCUT2D eigenvalue weighted by molar-refractivity contribution is -0.0772. The van der Waals surface area contributed by atoms with Crippen LogP contribution in [0.3, 0.4) is 0 Å². The monoisotopic (exact) mass is 540 g/mol. The molecule has 3 aliphatic rings. The average molecular weight is 541 g/mol. The molecule has 0 radical (unpaired) electrons. The molecular formula is C34H56O3Si. The molecule has 1 N–H and O–H groups in total. The molecule has 0 unspecified atom stereocenters. The minimum Gasteiger partial charge on any atom is -0.497 e. The van der Waals surface area contributed by atoms with Crippen molar-refractivity contribution in [3.05, 3.63) is 42.0 Å². The number of fused-ring (bicyclic) bond motifs is 5. The van der Waals surface area contributed by atoms with E-state index in [0.29, 0.717) is 23.9 Å². The highest BCUT2D eigenvalue weighted by Gasteiger charge is 2.64. The molecule has 3 nitrogen and oxygen atoms in total. The van der Waals surface area contributed by atoms with Gasteiger partial charge in [-0.15, -0.1) is 6.58 Å². The highest BCUT2D eigenvalue weighted by molar-refractivity contribution is 6.74. The van der Waals surface area contributed by atoms with Crippen LogP contribution in [0.15, 0.2) is 30.9 Å². The molecule has 0 heterocycles.